The highest BCUT2D eigenvalue weighted by molar-refractivity contribution is 5.98. The molecule has 3 aromatic rings. The lowest BCUT2D eigenvalue weighted by Crippen LogP contribution is -2.29. The van der Waals surface area contributed by atoms with Gasteiger partial charge in [0.05, 0.1) is 5.52 Å². The molecule has 0 saturated heterocycles. The Morgan fingerprint density at radius 2 is 1.88 bits per heavy atom. The molecule has 7 heteroatoms. The number of benzene rings is 2. The summed E-state index contributed by atoms with van der Waals surface area (Å²) in [5.74, 6) is -0.165. The van der Waals surface area contributed by atoms with Crippen molar-refractivity contribution in [2.45, 2.75) is 12.5 Å². The first kappa shape index (κ1) is 15.7. The normalized spacial score (nSPS) is 12.0. The van der Waals surface area contributed by atoms with E-state index in [2.05, 4.69) is 15.3 Å². The first-order chi connectivity index (χ1) is 11.5. The van der Waals surface area contributed by atoms with Crippen LogP contribution >= 0.6 is 0 Å². The third-order valence-corrected chi connectivity index (χ3v) is 3.58. The minimum absolute atomic E-state index is 0.0927. The molecule has 6 N–H and O–H groups in total. The van der Waals surface area contributed by atoms with Gasteiger partial charge in [0.25, 0.3) is 5.91 Å². The maximum atomic E-state index is 12.1. The maximum Gasteiger partial charge on any atom is 0.253 e. The summed E-state index contributed by atoms with van der Waals surface area (Å²) >= 11 is 0. The van der Waals surface area contributed by atoms with Crippen LogP contribution in [0, 0.1) is 0 Å². The maximum absolute atomic E-state index is 12.1. The van der Waals surface area contributed by atoms with Crippen molar-refractivity contribution in [3.8, 4) is 0 Å². The Bertz CT molecular complexity index is 883. The second-order valence-electron chi connectivity index (χ2n) is 5.39. The quantitative estimate of drug-likeness (QED) is 0.574. The van der Waals surface area contributed by atoms with Crippen molar-refractivity contribution >= 4 is 34.3 Å². The Morgan fingerprint density at radius 3 is 2.62 bits per heavy atom. The van der Waals surface area contributed by atoms with Gasteiger partial charge >= 0.3 is 0 Å². The summed E-state index contributed by atoms with van der Waals surface area (Å²) in [5, 5.41) is 13.3. The second kappa shape index (κ2) is 6.51. The van der Waals surface area contributed by atoms with Crippen molar-refractivity contribution in [3.05, 3.63) is 54.1 Å². The van der Waals surface area contributed by atoms with Crippen molar-refractivity contribution in [2.75, 3.05) is 16.8 Å². The number of aromatic nitrogens is 2. The molecule has 0 spiro atoms. The highest BCUT2D eigenvalue weighted by atomic mass is 16.3. The molecular weight excluding hydrogens is 306 g/mol. The van der Waals surface area contributed by atoms with E-state index < -0.39 is 12.0 Å². The Kier molecular flexibility index (Phi) is 4.26. The van der Waals surface area contributed by atoms with Gasteiger partial charge in [-0.25, -0.2) is 4.98 Å². The molecule has 24 heavy (non-hydrogen) atoms. The molecule has 2 aromatic carbocycles. The smallest absolute Gasteiger partial charge is 0.253 e. The summed E-state index contributed by atoms with van der Waals surface area (Å²) in [7, 11) is 0. The van der Waals surface area contributed by atoms with Gasteiger partial charge in [0.2, 0.25) is 5.95 Å². The van der Waals surface area contributed by atoms with Gasteiger partial charge in [-0.1, -0.05) is 30.3 Å². The molecule has 3 rings (SSSR count). The van der Waals surface area contributed by atoms with E-state index in [-0.39, 0.29) is 18.2 Å². The second-order valence-corrected chi connectivity index (χ2v) is 5.39. The number of carbonyl (C=O) groups is 1. The molecular formula is C17H17N5O2. The zero-order valence-corrected chi connectivity index (χ0v) is 12.8. The highest BCUT2D eigenvalue weighted by Gasteiger charge is 2.16. The van der Waals surface area contributed by atoms with E-state index in [1.807, 2.05) is 30.3 Å². The van der Waals surface area contributed by atoms with Crippen LogP contribution in [0.5, 0.6) is 0 Å². The lowest BCUT2D eigenvalue weighted by molar-refractivity contribution is -0.123. The molecule has 122 valence electrons. The number of amides is 1. The average molecular weight is 323 g/mol. The molecule has 1 heterocycles. The lowest BCUT2D eigenvalue weighted by atomic mass is 10.1. The van der Waals surface area contributed by atoms with Crippen LogP contribution < -0.4 is 16.8 Å². The molecule has 1 aromatic heterocycles. The van der Waals surface area contributed by atoms with Gasteiger partial charge < -0.3 is 21.9 Å². The summed E-state index contributed by atoms with van der Waals surface area (Å²) < 4.78 is 0. The van der Waals surface area contributed by atoms with Crippen molar-refractivity contribution < 1.29 is 9.90 Å². The van der Waals surface area contributed by atoms with Gasteiger partial charge in [0, 0.05) is 17.5 Å². The monoisotopic (exact) mass is 323 g/mol. The molecule has 7 nitrogen and oxygen atoms in total. The van der Waals surface area contributed by atoms with Gasteiger partial charge in [-0.2, -0.15) is 4.98 Å². The van der Waals surface area contributed by atoms with E-state index in [9.17, 15) is 9.90 Å². The van der Waals surface area contributed by atoms with Crippen LogP contribution in [-0.2, 0) is 11.2 Å². The molecule has 0 radical (unpaired) electrons. The molecule has 0 unspecified atom stereocenters. The predicted octanol–water partition coefficient (Wildman–Crippen LogP) is 1.34. The SMILES string of the molecule is Nc1nc(N)c2cc(NC(=O)[C@H](O)Cc3ccccc3)ccc2n1. The third kappa shape index (κ3) is 3.41. The number of nitrogens with one attached hydrogen (secondary N) is 1. The molecule has 0 fully saturated rings. The van der Waals surface area contributed by atoms with Crippen LogP contribution in [0.3, 0.4) is 0 Å². The number of hydrogen-bond acceptors (Lipinski definition) is 6. The zero-order chi connectivity index (χ0) is 17.1. The number of fused-ring (bicyclic) bond motifs is 1. The first-order valence-corrected chi connectivity index (χ1v) is 7.38. The summed E-state index contributed by atoms with van der Waals surface area (Å²) in [6.45, 7) is 0. The minimum atomic E-state index is -1.15. The third-order valence-electron chi connectivity index (χ3n) is 3.58. The largest absolute Gasteiger partial charge is 0.383 e. The minimum Gasteiger partial charge on any atom is -0.383 e. The Balaban J connectivity index is 1.75. The molecule has 0 saturated carbocycles. The highest BCUT2D eigenvalue weighted by Crippen LogP contribution is 2.22. The molecule has 1 amide bonds. The van der Waals surface area contributed by atoms with Gasteiger partial charge in [-0.15, -0.1) is 0 Å². The fourth-order valence-corrected chi connectivity index (χ4v) is 2.40. The number of nitrogens with two attached hydrogens (primary N) is 2. The number of nitrogen functional groups attached to an aromatic ring is 2. The fraction of sp³-hybridized carbons (Fsp3) is 0.118. The number of hydrogen-bond donors (Lipinski definition) is 4. The van der Waals surface area contributed by atoms with E-state index in [0.717, 1.165) is 5.56 Å². The number of rotatable bonds is 4. The summed E-state index contributed by atoms with van der Waals surface area (Å²) in [5.41, 5.74) is 13.3. The van der Waals surface area contributed by atoms with Crippen LogP contribution in [0.2, 0.25) is 0 Å². The van der Waals surface area contributed by atoms with Crippen LogP contribution in [0.1, 0.15) is 5.56 Å². The fourth-order valence-electron chi connectivity index (χ4n) is 2.40. The van der Waals surface area contributed by atoms with Crippen LogP contribution in [0.15, 0.2) is 48.5 Å². The Hall–Kier alpha value is -3.19. The van der Waals surface area contributed by atoms with Gasteiger partial charge in [0.15, 0.2) is 0 Å². The summed E-state index contributed by atoms with van der Waals surface area (Å²) in [6.07, 6.45) is -0.912. The van der Waals surface area contributed by atoms with Crippen molar-refractivity contribution in [1.82, 2.24) is 9.97 Å². The molecule has 0 aliphatic rings. The van der Waals surface area contributed by atoms with Crippen LogP contribution in [0.25, 0.3) is 10.9 Å². The first-order valence-electron chi connectivity index (χ1n) is 7.38. The van der Waals surface area contributed by atoms with Gasteiger partial charge in [0.1, 0.15) is 11.9 Å². The van der Waals surface area contributed by atoms with Crippen LogP contribution in [0.4, 0.5) is 17.5 Å². The Labute approximate surface area is 138 Å². The predicted molar refractivity (Wildman–Crippen MR) is 93.1 cm³/mol. The zero-order valence-electron chi connectivity index (χ0n) is 12.8. The van der Waals surface area contributed by atoms with E-state index in [1.165, 1.54) is 0 Å². The number of nitrogens with zero attached hydrogens (tertiary/aromatic N) is 2. The Morgan fingerprint density at radius 1 is 1.12 bits per heavy atom. The van der Waals surface area contributed by atoms with E-state index >= 15 is 0 Å². The molecule has 1 atom stereocenters. The average Bonchev–Trinajstić information content (AvgIpc) is 2.56. The van der Waals surface area contributed by atoms with Crippen molar-refractivity contribution in [1.29, 1.82) is 0 Å². The standard InChI is InChI=1S/C17H17N5O2/c18-15-12-9-11(6-7-13(12)21-17(19)22-15)20-16(24)14(23)8-10-4-2-1-3-5-10/h1-7,9,14,23H,8H2,(H,20,24)(H4,18,19,21,22)/t14-/m1/s1. The number of aliphatic hydroxyl groups is 1. The van der Waals surface area contributed by atoms with Crippen molar-refractivity contribution in [3.63, 3.8) is 0 Å². The van der Waals surface area contributed by atoms with Gasteiger partial charge in [-0.3, -0.25) is 4.79 Å². The van der Waals surface area contributed by atoms with Crippen molar-refractivity contribution in [2.24, 2.45) is 0 Å². The van der Waals surface area contributed by atoms with Gasteiger partial charge in [-0.05, 0) is 23.8 Å². The summed E-state index contributed by atoms with van der Waals surface area (Å²) in [6, 6.07) is 14.3. The summed E-state index contributed by atoms with van der Waals surface area (Å²) in [4.78, 5) is 20.1. The van der Waals surface area contributed by atoms with E-state index in [1.54, 1.807) is 18.2 Å². The number of anilines is 3. The van der Waals surface area contributed by atoms with E-state index in [0.29, 0.717) is 16.6 Å². The topological polar surface area (TPSA) is 127 Å². The van der Waals surface area contributed by atoms with Crippen LogP contribution in [-0.4, -0.2) is 27.1 Å². The molecule has 0 bridgehead atoms. The molecule has 0 aliphatic carbocycles. The number of aliphatic hydroxyl groups excluding tert-OH is 1. The van der Waals surface area contributed by atoms with E-state index in [4.69, 9.17) is 11.5 Å². The lowest BCUT2D eigenvalue weighted by Gasteiger charge is -2.12. The number of carbonyl (C=O) groups excluding carboxylic acids is 1. The molecule has 0 aliphatic heterocycles.